The SMILES string of the molecule is CNc1ncnc(Nc2cccc3cccnc23)c1OC. The summed E-state index contributed by atoms with van der Waals surface area (Å²) in [5.41, 5.74) is 1.75. The van der Waals surface area contributed by atoms with Crippen molar-refractivity contribution in [3.05, 3.63) is 42.9 Å². The Labute approximate surface area is 122 Å². The molecule has 0 saturated carbocycles. The van der Waals surface area contributed by atoms with Gasteiger partial charge >= 0.3 is 0 Å². The third-order valence-electron chi connectivity index (χ3n) is 3.13. The Morgan fingerprint density at radius 1 is 1.00 bits per heavy atom. The van der Waals surface area contributed by atoms with Crippen molar-refractivity contribution < 1.29 is 4.74 Å². The highest BCUT2D eigenvalue weighted by Gasteiger charge is 2.12. The number of pyridine rings is 1. The number of benzene rings is 1. The lowest BCUT2D eigenvalue weighted by Gasteiger charge is -2.13. The molecule has 6 nitrogen and oxygen atoms in total. The Kier molecular flexibility index (Phi) is 3.51. The number of hydrogen-bond acceptors (Lipinski definition) is 6. The van der Waals surface area contributed by atoms with Gasteiger partial charge < -0.3 is 15.4 Å². The van der Waals surface area contributed by atoms with Gasteiger partial charge in [0.1, 0.15) is 6.33 Å². The van der Waals surface area contributed by atoms with Gasteiger partial charge in [-0.2, -0.15) is 0 Å². The Morgan fingerprint density at radius 2 is 1.81 bits per heavy atom. The number of fused-ring (bicyclic) bond motifs is 1. The van der Waals surface area contributed by atoms with E-state index in [4.69, 9.17) is 4.74 Å². The molecule has 0 aliphatic carbocycles. The first kappa shape index (κ1) is 13.1. The fourth-order valence-electron chi connectivity index (χ4n) is 2.17. The van der Waals surface area contributed by atoms with Crippen LogP contribution >= 0.6 is 0 Å². The van der Waals surface area contributed by atoms with Crippen LogP contribution in [0.4, 0.5) is 17.3 Å². The van der Waals surface area contributed by atoms with Gasteiger partial charge in [0.15, 0.2) is 11.6 Å². The van der Waals surface area contributed by atoms with E-state index in [-0.39, 0.29) is 0 Å². The number of anilines is 3. The second-order valence-electron chi connectivity index (χ2n) is 4.36. The van der Waals surface area contributed by atoms with Crippen molar-refractivity contribution in [3.63, 3.8) is 0 Å². The molecule has 0 saturated heterocycles. The van der Waals surface area contributed by atoms with Gasteiger partial charge in [0.2, 0.25) is 5.75 Å². The third kappa shape index (κ3) is 2.43. The van der Waals surface area contributed by atoms with Crippen molar-refractivity contribution in [1.82, 2.24) is 15.0 Å². The summed E-state index contributed by atoms with van der Waals surface area (Å²) in [6.45, 7) is 0. The summed E-state index contributed by atoms with van der Waals surface area (Å²) in [6.07, 6.45) is 3.25. The quantitative estimate of drug-likeness (QED) is 0.766. The first-order chi connectivity index (χ1) is 10.3. The lowest BCUT2D eigenvalue weighted by molar-refractivity contribution is 0.415. The third-order valence-corrected chi connectivity index (χ3v) is 3.13. The van der Waals surface area contributed by atoms with Crippen LogP contribution in [0.3, 0.4) is 0 Å². The summed E-state index contributed by atoms with van der Waals surface area (Å²) in [4.78, 5) is 12.8. The highest BCUT2D eigenvalue weighted by atomic mass is 16.5. The molecule has 0 radical (unpaired) electrons. The predicted octanol–water partition coefficient (Wildman–Crippen LogP) is 2.82. The Morgan fingerprint density at radius 3 is 2.62 bits per heavy atom. The van der Waals surface area contributed by atoms with Crippen LogP contribution in [0.2, 0.25) is 0 Å². The second kappa shape index (κ2) is 5.62. The number of hydrogen-bond donors (Lipinski definition) is 2. The van der Waals surface area contributed by atoms with Crippen molar-refractivity contribution in [3.8, 4) is 5.75 Å². The fourth-order valence-corrected chi connectivity index (χ4v) is 2.17. The zero-order valence-corrected chi connectivity index (χ0v) is 11.8. The van der Waals surface area contributed by atoms with Crippen molar-refractivity contribution >= 4 is 28.2 Å². The number of ether oxygens (including phenoxy) is 1. The van der Waals surface area contributed by atoms with E-state index in [9.17, 15) is 0 Å². The summed E-state index contributed by atoms with van der Waals surface area (Å²) >= 11 is 0. The minimum atomic E-state index is 0.563. The van der Waals surface area contributed by atoms with Crippen LogP contribution in [0.1, 0.15) is 0 Å². The van der Waals surface area contributed by atoms with E-state index in [1.54, 1.807) is 20.4 Å². The lowest BCUT2D eigenvalue weighted by Crippen LogP contribution is -2.03. The van der Waals surface area contributed by atoms with Gasteiger partial charge in [-0.25, -0.2) is 9.97 Å². The molecule has 0 amide bonds. The first-order valence-corrected chi connectivity index (χ1v) is 6.51. The maximum absolute atomic E-state index is 5.38. The molecule has 3 aromatic rings. The number of methoxy groups -OCH3 is 1. The highest BCUT2D eigenvalue weighted by molar-refractivity contribution is 5.92. The zero-order chi connectivity index (χ0) is 14.7. The van der Waals surface area contributed by atoms with Crippen LogP contribution in [-0.2, 0) is 0 Å². The normalized spacial score (nSPS) is 10.4. The fraction of sp³-hybridized carbons (Fsp3) is 0.133. The van der Waals surface area contributed by atoms with E-state index in [1.165, 1.54) is 6.33 Å². The first-order valence-electron chi connectivity index (χ1n) is 6.51. The molecule has 0 aliphatic heterocycles. The average Bonchev–Trinajstić information content (AvgIpc) is 2.55. The van der Waals surface area contributed by atoms with Crippen LogP contribution in [0.25, 0.3) is 10.9 Å². The zero-order valence-electron chi connectivity index (χ0n) is 11.8. The van der Waals surface area contributed by atoms with E-state index in [2.05, 4.69) is 25.6 Å². The molecule has 1 aromatic carbocycles. The summed E-state index contributed by atoms with van der Waals surface area (Å²) < 4.78 is 5.38. The van der Waals surface area contributed by atoms with Crippen molar-refractivity contribution in [2.45, 2.75) is 0 Å². The maximum Gasteiger partial charge on any atom is 0.204 e. The van der Waals surface area contributed by atoms with Crippen LogP contribution in [-0.4, -0.2) is 29.1 Å². The van der Waals surface area contributed by atoms with E-state index in [0.29, 0.717) is 17.4 Å². The molecule has 6 heteroatoms. The average molecular weight is 281 g/mol. The highest BCUT2D eigenvalue weighted by Crippen LogP contribution is 2.32. The van der Waals surface area contributed by atoms with Crippen LogP contribution < -0.4 is 15.4 Å². The van der Waals surface area contributed by atoms with Crippen LogP contribution in [0, 0.1) is 0 Å². The second-order valence-corrected chi connectivity index (χ2v) is 4.36. The summed E-state index contributed by atoms with van der Waals surface area (Å²) in [5.74, 6) is 1.78. The summed E-state index contributed by atoms with van der Waals surface area (Å²) in [6, 6.07) is 9.87. The van der Waals surface area contributed by atoms with E-state index in [0.717, 1.165) is 16.6 Å². The van der Waals surface area contributed by atoms with Gasteiger partial charge in [0.05, 0.1) is 18.3 Å². The minimum absolute atomic E-state index is 0.563. The molecule has 106 valence electrons. The number of nitrogens with one attached hydrogen (secondary N) is 2. The topological polar surface area (TPSA) is 72.0 Å². The van der Waals surface area contributed by atoms with Gasteiger partial charge in [-0.15, -0.1) is 0 Å². The van der Waals surface area contributed by atoms with Crippen molar-refractivity contribution in [2.24, 2.45) is 0 Å². The Balaban J connectivity index is 2.07. The minimum Gasteiger partial charge on any atom is -0.490 e. The molecule has 0 spiro atoms. The van der Waals surface area contributed by atoms with Gasteiger partial charge in [0, 0.05) is 18.6 Å². The molecule has 3 rings (SSSR count). The number of aromatic nitrogens is 3. The van der Waals surface area contributed by atoms with Crippen LogP contribution in [0.5, 0.6) is 5.75 Å². The lowest BCUT2D eigenvalue weighted by atomic mass is 10.2. The molecule has 2 N–H and O–H groups in total. The molecule has 0 atom stereocenters. The maximum atomic E-state index is 5.38. The van der Waals surface area contributed by atoms with Gasteiger partial charge in [0.25, 0.3) is 0 Å². The predicted molar refractivity (Wildman–Crippen MR) is 83.2 cm³/mol. The van der Waals surface area contributed by atoms with Gasteiger partial charge in [-0.1, -0.05) is 18.2 Å². The smallest absolute Gasteiger partial charge is 0.204 e. The number of rotatable bonds is 4. The molecule has 0 bridgehead atoms. The molecular formula is C15H15N5O. The number of nitrogens with zero attached hydrogens (tertiary/aromatic N) is 3. The van der Waals surface area contributed by atoms with E-state index in [1.807, 2.05) is 30.3 Å². The van der Waals surface area contributed by atoms with Gasteiger partial charge in [-0.3, -0.25) is 4.98 Å². The summed E-state index contributed by atoms with van der Waals surface area (Å²) in [7, 11) is 3.38. The standard InChI is InChI=1S/C15H15N5O/c1-16-14-13(21-2)15(19-9-18-14)20-11-7-3-5-10-6-4-8-17-12(10)11/h3-9H,1-2H3,(H2,16,18,19,20). The van der Waals surface area contributed by atoms with Crippen molar-refractivity contribution in [1.29, 1.82) is 0 Å². The van der Waals surface area contributed by atoms with Gasteiger partial charge in [-0.05, 0) is 12.1 Å². The van der Waals surface area contributed by atoms with E-state index < -0.39 is 0 Å². The molecule has 0 unspecified atom stereocenters. The monoisotopic (exact) mass is 281 g/mol. The number of para-hydroxylation sites is 1. The van der Waals surface area contributed by atoms with E-state index >= 15 is 0 Å². The molecule has 0 aliphatic rings. The van der Waals surface area contributed by atoms with Crippen molar-refractivity contribution in [2.75, 3.05) is 24.8 Å². The molecule has 2 aromatic heterocycles. The Hall–Kier alpha value is -2.89. The Bertz CT molecular complexity index is 770. The summed E-state index contributed by atoms with van der Waals surface area (Å²) in [5, 5.41) is 7.30. The largest absolute Gasteiger partial charge is 0.490 e. The molecule has 0 fully saturated rings. The van der Waals surface area contributed by atoms with Crippen LogP contribution in [0.15, 0.2) is 42.9 Å². The molecular weight excluding hydrogens is 266 g/mol. The molecule has 21 heavy (non-hydrogen) atoms. The molecule has 2 heterocycles.